The van der Waals surface area contributed by atoms with Crippen LogP contribution in [0.2, 0.25) is 0 Å². The van der Waals surface area contributed by atoms with Crippen molar-refractivity contribution in [2.45, 2.75) is 191 Å². The molecule has 0 bridgehead atoms. The summed E-state index contributed by atoms with van der Waals surface area (Å²) in [6.45, 7) is 12.3. The Hall–Kier alpha value is -0.880. The first kappa shape index (κ1) is 42.4. The largest absolute Gasteiger partial charge is 0.458 e. The van der Waals surface area contributed by atoms with Crippen LogP contribution in [-0.4, -0.2) is 148 Å². The van der Waals surface area contributed by atoms with E-state index in [0.717, 1.165) is 63.6 Å². The van der Waals surface area contributed by atoms with Gasteiger partial charge in [0.25, 0.3) is 0 Å². The van der Waals surface area contributed by atoms with Gasteiger partial charge in [-0.1, -0.05) is 13.8 Å². The molecule has 9 rings (SSSR count). The van der Waals surface area contributed by atoms with Gasteiger partial charge in [0.1, 0.15) is 18.8 Å². The highest BCUT2D eigenvalue weighted by Gasteiger charge is 2.71. The van der Waals surface area contributed by atoms with Gasteiger partial charge in [-0.25, -0.2) is 4.79 Å². The molecule has 14 heteroatoms. The Kier molecular flexibility index (Phi) is 12.0. The van der Waals surface area contributed by atoms with Gasteiger partial charge in [0.05, 0.1) is 48.3 Å². The van der Waals surface area contributed by atoms with Crippen LogP contribution in [0.15, 0.2) is 11.6 Å². The molecule has 0 aromatic carbocycles. The quantitative estimate of drug-likeness (QED) is 0.206. The minimum Gasteiger partial charge on any atom is -0.458 e. The van der Waals surface area contributed by atoms with E-state index < -0.39 is 72.6 Å². The zero-order valence-electron chi connectivity index (χ0n) is 35.1. The molecule has 58 heavy (non-hydrogen) atoms. The van der Waals surface area contributed by atoms with E-state index in [1.807, 2.05) is 25.6 Å². The molecule has 4 saturated heterocycles. The summed E-state index contributed by atoms with van der Waals surface area (Å²) in [4.78, 5) is 14.5. The van der Waals surface area contributed by atoms with Crippen LogP contribution in [0.5, 0.6) is 0 Å². The lowest BCUT2D eigenvalue weighted by Gasteiger charge is -2.65. The molecule has 0 aromatic rings. The highest BCUT2D eigenvalue weighted by Crippen LogP contribution is 2.70. The standard InChI is InChI=1S/C44H69NO12S/c1-23-19-45(28-21-58-22-28)13-10-37(52-23)56-40-24(2)54-39(18-34(40)47)57-41-25(3)53-38(17-33(41)46)55-29-8-11-42(4)27(15-29)6-7-31-32(42)16-35(48)43(5)30(9-12-44(31,43)50)26-14-36(49)51-20-26/h14,23-25,27-35,37-41,46-48,50H,6-13,15-22H2,1-5H3/t23?,24-,25-,27-,29+,30-,31-,32+,33+,34+,35-,37?,38+,39+,40-,41-,42+,43+,44+/m1/s1. The smallest absolute Gasteiger partial charge is 0.331 e. The fourth-order valence-corrected chi connectivity index (χ4v) is 14.4. The van der Waals surface area contributed by atoms with Crippen LogP contribution in [0.1, 0.15) is 105 Å². The average Bonchev–Trinajstić information content (AvgIpc) is 3.63. The van der Waals surface area contributed by atoms with E-state index in [0.29, 0.717) is 24.8 Å². The maximum absolute atomic E-state index is 12.6. The van der Waals surface area contributed by atoms with E-state index in [-0.39, 0.29) is 60.8 Å². The molecule has 0 radical (unpaired) electrons. The summed E-state index contributed by atoms with van der Waals surface area (Å²) in [6.07, 6.45) is 3.31. The van der Waals surface area contributed by atoms with Crippen molar-refractivity contribution in [2.75, 3.05) is 31.2 Å². The number of aliphatic hydroxyl groups is 4. The van der Waals surface area contributed by atoms with Gasteiger partial charge in [-0.15, -0.1) is 0 Å². The van der Waals surface area contributed by atoms with Crippen molar-refractivity contribution in [1.82, 2.24) is 4.90 Å². The second kappa shape index (κ2) is 16.3. The molecule has 9 aliphatic rings. The normalized spacial score (nSPS) is 52.8. The maximum atomic E-state index is 12.6. The van der Waals surface area contributed by atoms with Gasteiger partial charge >= 0.3 is 5.97 Å². The number of aliphatic hydroxyl groups excluding tert-OH is 3. The van der Waals surface area contributed by atoms with Gasteiger partial charge in [-0.3, -0.25) is 4.90 Å². The Bertz CT molecular complexity index is 1510. The van der Waals surface area contributed by atoms with Gasteiger partial charge in [0.15, 0.2) is 18.9 Å². The predicted octanol–water partition coefficient (Wildman–Crippen LogP) is 3.91. The van der Waals surface area contributed by atoms with Crippen molar-refractivity contribution < 1.29 is 58.4 Å². The summed E-state index contributed by atoms with van der Waals surface area (Å²) in [5, 5.41) is 47.1. The molecule has 19 atom stereocenters. The Morgan fingerprint density at radius 3 is 2.12 bits per heavy atom. The summed E-state index contributed by atoms with van der Waals surface area (Å²) in [7, 11) is 0. The molecule has 4 N–H and O–H groups in total. The van der Waals surface area contributed by atoms with E-state index in [4.69, 9.17) is 33.2 Å². The Balaban J connectivity index is 0.760. The van der Waals surface area contributed by atoms with Crippen LogP contribution >= 0.6 is 11.8 Å². The van der Waals surface area contributed by atoms with E-state index in [9.17, 15) is 25.2 Å². The third-order valence-corrected chi connectivity index (χ3v) is 18.2. The maximum Gasteiger partial charge on any atom is 0.331 e. The minimum atomic E-state index is -0.998. The van der Waals surface area contributed by atoms with Gasteiger partial charge in [0.2, 0.25) is 0 Å². The fourth-order valence-electron chi connectivity index (χ4n) is 13.6. The lowest BCUT2D eigenvalue weighted by molar-refractivity contribution is -0.329. The molecule has 0 aromatic heterocycles. The van der Waals surface area contributed by atoms with Crippen molar-refractivity contribution in [2.24, 2.45) is 34.5 Å². The second-order valence-corrected chi connectivity index (χ2v) is 21.2. The summed E-state index contributed by atoms with van der Waals surface area (Å²) in [6, 6.07) is 0.614. The van der Waals surface area contributed by atoms with Crippen LogP contribution in [0.3, 0.4) is 0 Å². The number of esters is 1. The SMILES string of the molecule is CC1CN(C2CSC2)CCC(O[C@H]2[C@@H](O)C[C@H](O[C@H]3[C@@H](O)C[C@H](O[C@H]4CC[C@@]5(C)[C@H](CC[C@@H]6[C@@H]5C[C@@H](O)[C@]5(C)[C@@H](C7=CC(=O)OC7)CC[C@]65O)C4)O[C@@H]3C)O[C@@H]2C)O1. The van der Waals surface area contributed by atoms with Crippen molar-refractivity contribution in [1.29, 1.82) is 0 Å². The highest BCUT2D eigenvalue weighted by atomic mass is 32.2. The lowest BCUT2D eigenvalue weighted by atomic mass is 9.42. The first-order chi connectivity index (χ1) is 27.7. The topological polar surface area (TPSA) is 166 Å². The van der Waals surface area contributed by atoms with E-state index in [1.165, 1.54) is 11.5 Å². The van der Waals surface area contributed by atoms with Gasteiger partial charge in [-0.2, -0.15) is 11.8 Å². The van der Waals surface area contributed by atoms with E-state index >= 15 is 0 Å². The highest BCUT2D eigenvalue weighted by molar-refractivity contribution is 8.00. The van der Waals surface area contributed by atoms with Crippen molar-refractivity contribution >= 4 is 17.7 Å². The predicted molar refractivity (Wildman–Crippen MR) is 213 cm³/mol. The van der Waals surface area contributed by atoms with Crippen LogP contribution in [-0.2, 0) is 38.0 Å². The minimum absolute atomic E-state index is 0.0172. The molecule has 0 amide bonds. The Morgan fingerprint density at radius 2 is 1.48 bits per heavy atom. The Labute approximate surface area is 348 Å². The Morgan fingerprint density at radius 1 is 0.793 bits per heavy atom. The van der Waals surface area contributed by atoms with Crippen molar-refractivity contribution in [3.05, 3.63) is 11.6 Å². The number of nitrogens with zero attached hydrogens (tertiary/aromatic N) is 1. The first-order valence-corrected chi connectivity index (χ1v) is 23.7. The molecule has 4 saturated carbocycles. The van der Waals surface area contributed by atoms with Crippen molar-refractivity contribution in [3.63, 3.8) is 0 Å². The molecule has 13 nitrogen and oxygen atoms in total. The van der Waals surface area contributed by atoms with E-state index in [2.05, 4.69) is 25.7 Å². The average molecular weight is 836 g/mol. The van der Waals surface area contributed by atoms with Crippen LogP contribution in [0.4, 0.5) is 0 Å². The summed E-state index contributed by atoms with van der Waals surface area (Å²) in [5.74, 6) is 2.63. The molecular formula is C44H69NO12S. The number of fused-ring (bicyclic) bond motifs is 5. The van der Waals surface area contributed by atoms with Crippen molar-refractivity contribution in [3.8, 4) is 0 Å². The molecule has 8 fully saturated rings. The number of thioether (sulfide) groups is 1. The number of hydrogen-bond donors (Lipinski definition) is 4. The third-order valence-electron chi connectivity index (χ3n) is 16.9. The number of cyclic esters (lactones) is 1. The zero-order valence-corrected chi connectivity index (χ0v) is 35.9. The summed E-state index contributed by atoms with van der Waals surface area (Å²) in [5.41, 5.74) is -0.831. The number of carbonyl (C=O) groups is 1. The molecule has 328 valence electrons. The monoisotopic (exact) mass is 835 g/mol. The molecule has 5 aliphatic heterocycles. The zero-order chi connectivity index (χ0) is 40.7. The third kappa shape index (κ3) is 7.46. The van der Waals surface area contributed by atoms with Crippen LogP contribution < -0.4 is 0 Å². The summed E-state index contributed by atoms with van der Waals surface area (Å²) >= 11 is 1.98. The number of rotatable bonds is 8. The van der Waals surface area contributed by atoms with Gasteiger partial charge in [0, 0.05) is 61.4 Å². The molecule has 5 heterocycles. The molecule has 2 unspecified atom stereocenters. The van der Waals surface area contributed by atoms with E-state index in [1.54, 1.807) is 6.08 Å². The number of ether oxygens (including phenoxy) is 7. The summed E-state index contributed by atoms with van der Waals surface area (Å²) < 4.78 is 43.4. The van der Waals surface area contributed by atoms with Gasteiger partial charge < -0.3 is 53.6 Å². The fraction of sp³-hybridized carbons (Fsp3) is 0.932. The first-order valence-electron chi connectivity index (χ1n) is 22.5. The molecular weight excluding hydrogens is 767 g/mol. The lowest BCUT2D eigenvalue weighted by Crippen LogP contribution is -2.67. The van der Waals surface area contributed by atoms with Crippen LogP contribution in [0.25, 0.3) is 0 Å². The van der Waals surface area contributed by atoms with Gasteiger partial charge in [-0.05, 0) is 107 Å². The number of hydrogen-bond acceptors (Lipinski definition) is 14. The number of carbonyl (C=O) groups excluding carboxylic acids is 1. The molecule has 0 spiro atoms. The van der Waals surface area contributed by atoms with Crippen LogP contribution in [0, 0.1) is 34.5 Å². The second-order valence-electron chi connectivity index (χ2n) is 20.1. The molecule has 4 aliphatic carbocycles.